The molecule has 0 unspecified atom stereocenters. The Morgan fingerprint density at radius 3 is 2.67 bits per heavy atom. The summed E-state index contributed by atoms with van der Waals surface area (Å²) in [7, 11) is 2.07. The number of hydrogen-bond donors (Lipinski definition) is 1. The third-order valence-corrected chi connectivity index (χ3v) is 3.02. The normalized spacial score (nSPS) is 11.5. The summed E-state index contributed by atoms with van der Waals surface area (Å²) in [5.41, 5.74) is 10.0. The number of hydrogen-bond acceptors (Lipinski definition) is 4. The van der Waals surface area contributed by atoms with Crippen LogP contribution in [0.4, 0.5) is 5.69 Å². The molecule has 0 aliphatic carbocycles. The number of pyridine rings is 1. The molecule has 0 bridgehead atoms. The Morgan fingerprint density at radius 2 is 2.06 bits per heavy atom. The van der Waals surface area contributed by atoms with E-state index in [-0.39, 0.29) is 6.10 Å². The van der Waals surface area contributed by atoms with Crippen LogP contribution in [0.15, 0.2) is 6.20 Å². The molecule has 0 atom stereocenters. The van der Waals surface area contributed by atoms with Crippen LogP contribution in [0.5, 0.6) is 0 Å². The molecule has 18 heavy (non-hydrogen) atoms. The molecule has 0 fully saturated rings. The van der Waals surface area contributed by atoms with Crippen LogP contribution in [0.1, 0.15) is 30.7 Å². The molecule has 0 aliphatic rings. The van der Waals surface area contributed by atoms with E-state index in [0.717, 1.165) is 42.2 Å². The Bertz CT molecular complexity index is 391. The number of likely N-dealkylation sites (N-methyl/N-ethyl adjacent to an activating group) is 1. The number of rotatable bonds is 6. The first-order valence-electron chi connectivity index (χ1n) is 6.42. The Morgan fingerprint density at radius 1 is 1.39 bits per heavy atom. The van der Waals surface area contributed by atoms with Gasteiger partial charge >= 0.3 is 0 Å². The molecular weight excluding hydrogens is 226 g/mol. The van der Waals surface area contributed by atoms with Gasteiger partial charge in [-0.2, -0.15) is 0 Å². The fraction of sp³-hybridized carbons (Fsp3) is 0.643. The van der Waals surface area contributed by atoms with E-state index >= 15 is 0 Å². The predicted molar refractivity (Wildman–Crippen MR) is 75.5 cm³/mol. The molecule has 0 aliphatic heterocycles. The van der Waals surface area contributed by atoms with Gasteiger partial charge in [-0.15, -0.1) is 0 Å². The van der Waals surface area contributed by atoms with Crippen LogP contribution < -0.4 is 5.73 Å². The molecule has 4 heteroatoms. The number of nitrogens with zero attached hydrogens (tertiary/aromatic N) is 2. The van der Waals surface area contributed by atoms with Crippen molar-refractivity contribution in [2.45, 2.75) is 40.3 Å². The Labute approximate surface area is 110 Å². The van der Waals surface area contributed by atoms with E-state index in [1.807, 2.05) is 33.9 Å². The van der Waals surface area contributed by atoms with Crippen LogP contribution in [0.2, 0.25) is 0 Å². The fourth-order valence-electron chi connectivity index (χ4n) is 1.73. The SMILES string of the molecule is Cc1cnc(CN(C)CCOC(C)C)c(C)c1N. The van der Waals surface area contributed by atoms with Crippen molar-refractivity contribution in [2.75, 3.05) is 25.9 Å². The lowest BCUT2D eigenvalue weighted by Gasteiger charge is -2.19. The molecule has 0 amide bonds. The first kappa shape index (κ1) is 14.9. The number of aryl methyl sites for hydroxylation is 1. The van der Waals surface area contributed by atoms with E-state index in [1.165, 1.54) is 0 Å². The van der Waals surface area contributed by atoms with Crippen molar-refractivity contribution in [2.24, 2.45) is 0 Å². The van der Waals surface area contributed by atoms with Gasteiger partial charge in [0.25, 0.3) is 0 Å². The van der Waals surface area contributed by atoms with Gasteiger partial charge in [0, 0.05) is 25.0 Å². The average molecular weight is 251 g/mol. The second kappa shape index (κ2) is 6.71. The zero-order chi connectivity index (χ0) is 13.7. The minimum atomic E-state index is 0.285. The number of nitrogens with two attached hydrogens (primary N) is 1. The quantitative estimate of drug-likeness (QED) is 0.841. The Kier molecular flexibility index (Phi) is 5.56. The molecule has 2 N–H and O–H groups in total. The first-order valence-corrected chi connectivity index (χ1v) is 6.42. The largest absolute Gasteiger partial charge is 0.398 e. The van der Waals surface area contributed by atoms with Crippen molar-refractivity contribution in [3.63, 3.8) is 0 Å². The highest BCUT2D eigenvalue weighted by atomic mass is 16.5. The van der Waals surface area contributed by atoms with Gasteiger partial charge in [0.15, 0.2) is 0 Å². The van der Waals surface area contributed by atoms with Gasteiger partial charge < -0.3 is 10.5 Å². The molecular formula is C14H25N3O. The van der Waals surface area contributed by atoms with Crippen LogP contribution in [-0.2, 0) is 11.3 Å². The van der Waals surface area contributed by atoms with Gasteiger partial charge in [-0.05, 0) is 45.9 Å². The van der Waals surface area contributed by atoms with Gasteiger partial charge in [0.2, 0.25) is 0 Å². The van der Waals surface area contributed by atoms with Gasteiger partial charge in [0.1, 0.15) is 0 Å². The lowest BCUT2D eigenvalue weighted by molar-refractivity contribution is 0.0625. The van der Waals surface area contributed by atoms with Gasteiger partial charge in [-0.25, -0.2) is 0 Å². The second-order valence-corrected chi connectivity index (χ2v) is 5.08. The highest BCUT2D eigenvalue weighted by molar-refractivity contribution is 5.53. The molecule has 1 heterocycles. The molecule has 1 aromatic rings. The van der Waals surface area contributed by atoms with E-state index in [2.05, 4.69) is 16.9 Å². The summed E-state index contributed by atoms with van der Waals surface area (Å²) >= 11 is 0. The maximum Gasteiger partial charge on any atom is 0.0596 e. The summed E-state index contributed by atoms with van der Waals surface area (Å²) in [4.78, 5) is 6.66. The molecule has 102 valence electrons. The molecule has 1 rings (SSSR count). The van der Waals surface area contributed by atoms with Crippen LogP contribution in [0, 0.1) is 13.8 Å². The molecule has 0 aromatic carbocycles. The number of aromatic nitrogens is 1. The Hall–Kier alpha value is -1.13. The van der Waals surface area contributed by atoms with E-state index in [9.17, 15) is 0 Å². The van der Waals surface area contributed by atoms with E-state index in [0.29, 0.717) is 0 Å². The smallest absolute Gasteiger partial charge is 0.0596 e. The highest BCUT2D eigenvalue weighted by Crippen LogP contribution is 2.18. The van der Waals surface area contributed by atoms with Crippen molar-refractivity contribution in [1.82, 2.24) is 9.88 Å². The maximum atomic E-state index is 6.02. The van der Waals surface area contributed by atoms with E-state index in [1.54, 1.807) is 0 Å². The topological polar surface area (TPSA) is 51.4 Å². The van der Waals surface area contributed by atoms with Crippen LogP contribution >= 0.6 is 0 Å². The summed E-state index contributed by atoms with van der Waals surface area (Å²) in [6.45, 7) is 10.6. The third kappa shape index (κ3) is 4.27. The van der Waals surface area contributed by atoms with Gasteiger partial charge in [0.05, 0.1) is 18.4 Å². The molecule has 0 radical (unpaired) electrons. The van der Waals surface area contributed by atoms with Crippen LogP contribution in [0.3, 0.4) is 0 Å². The average Bonchev–Trinajstić information content (AvgIpc) is 2.29. The van der Waals surface area contributed by atoms with Crippen molar-refractivity contribution >= 4 is 5.69 Å². The zero-order valence-corrected chi connectivity index (χ0v) is 12.2. The summed E-state index contributed by atoms with van der Waals surface area (Å²) in [5, 5.41) is 0. The summed E-state index contributed by atoms with van der Waals surface area (Å²) in [6.07, 6.45) is 2.13. The van der Waals surface area contributed by atoms with E-state index in [4.69, 9.17) is 10.5 Å². The lowest BCUT2D eigenvalue weighted by atomic mass is 10.1. The van der Waals surface area contributed by atoms with Crippen molar-refractivity contribution in [3.8, 4) is 0 Å². The van der Waals surface area contributed by atoms with Crippen molar-refractivity contribution < 1.29 is 4.74 Å². The van der Waals surface area contributed by atoms with Crippen LogP contribution in [-0.4, -0.2) is 36.2 Å². The van der Waals surface area contributed by atoms with Gasteiger partial charge in [-0.1, -0.05) is 0 Å². The van der Waals surface area contributed by atoms with Gasteiger partial charge in [-0.3, -0.25) is 9.88 Å². The molecule has 0 saturated heterocycles. The lowest BCUT2D eigenvalue weighted by Crippen LogP contribution is -2.25. The van der Waals surface area contributed by atoms with E-state index < -0.39 is 0 Å². The van der Waals surface area contributed by atoms with Crippen LogP contribution in [0.25, 0.3) is 0 Å². The third-order valence-electron chi connectivity index (χ3n) is 3.02. The number of ether oxygens (including phenoxy) is 1. The fourth-order valence-corrected chi connectivity index (χ4v) is 1.73. The molecule has 4 nitrogen and oxygen atoms in total. The monoisotopic (exact) mass is 251 g/mol. The standard InChI is InChI=1S/C14H25N3O/c1-10(2)18-7-6-17(5)9-13-12(4)14(15)11(3)8-16-13/h8,10H,6-7,9H2,1-5H3,(H2,15,16). The molecule has 0 saturated carbocycles. The predicted octanol–water partition coefficient (Wildman–Crippen LogP) is 2.14. The second-order valence-electron chi connectivity index (χ2n) is 5.08. The minimum Gasteiger partial charge on any atom is -0.398 e. The maximum absolute atomic E-state index is 6.02. The number of nitrogen functional groups attached to an aromatic ring is 1. The van der Waals surface area contributed by atoms with Crippen molar-refractivity contribution in [3.05, 3.63) is 23.0 Å². The number of anilines is 1. The zero-order valence-electron chi connectivity index (χ0n) is 12.2. The Balaban J connectivity index is 2.54. The minimum absolute atomic E-state index is 0.285. The first-order chi connectivity index (χ1) is 8.41. The summed E-state index contributed by atoms with van der Waals surface area (Å²) in [6, 6.07) is 0. The molecule has 1 aromatic heterocycles. The van der Waals surface area contributed by atoms with Crippen molar-refractivity contribution in [1.29, 1.82) is 0 Å². The summed E-state index contributed by atoms with van der Waals surface area (Å²) < 4.78 is 5.54. The summed E-state index contributed by atoms with van der Waals surface area (Å²) in [5.74, 6) is 0. The molecule has 0 spiro atoms. The highest BCUT2D eigenvalue weighted by Gasteiger charge is 2.08.